The van der Waals surface area contributed by atoms with E-state index in [0.29, 0.717) is 5.92 Å². The van der Waals surface area contributed by atoms with Gasteiger partial charge >= 0.3 is 0 Å². The topological polar surface area (TPSA) is 72.1 Å². The second-order valence-corrected chi connectivity index (χ2v) is 5.18. The van der Waals surface area contributed by atoms with Crippen LogP contribution in [0.2, 0.25) is 0 Å². The molecular formula is C14H15N7. The highest BCUT2D eigenvalue weighted by atomic mass is 15.3. The van der Waals surface area contributed by atoms with Crippen LogP contribution in [-0.4, -0.2) is 42.6 Å². The molecule has 3 aromatic rings. The molecule has 0 amide bonds. The van der Waals surface area contributed by atoms with Gasteiger partial charge in [-0.2, -0.15) is 0 Å². The Kier molecular flexibility index (Phi) is 2.95. The molecule has 0 bridgehead atoms. The molecule has 1 aliphatic heterocycles. The van der Waals surface area contributed by atoms with E-state index in [-0.39, 0.29) is 0 Å². The molecule has 1 fully saturated rings. The summed E-state index contributed by atoms with van der Waals surface area (Å²) in [6, 6.07) is 1.86. The summed E-state index contributed by atoms with van der Waals surface area (Å²) < 4.78 is 1.90. The zero-order valence-electron chi connectivity index (χ0n) is 11.5. The molecule has 4 heterocycles. The molecule has 1 aliphatic rings. The van der Waals surface area contributed by atoms with Crippen molar-refractivity contribution in [3.8, 4) is 0 Å². The number of anilines is 1. The number of aromatic nitrogens is 6. The lowest BCUT2D eigenvalue weighted by molar-refractivity contribution is 0.483. The highest BCUT2D eigenvalue weighted by Crippen LogP contribution is 2.28. The third-order valence-corrected chi connectivity index (χ3v) is 3.94. The molecule has 21 heavy (non-hydrogen) atoms. The molecule has 3 aromatic heterocycles. The third-order valence-electron chi connectivity index (χ3n) is 3.94. The Labute approximate surface area is 121 Å². The SMILES string of the molecule is c1cnc(C2CCN(c3nccn4cnnc34)CC2)nc1. The predicted molar refractivity (Wildman–Crippen MR) is 77.0 cm³/mol. The first kappa shape index (κ1) is 12.2. The van der Waals surface area contributed by atoms with E-state index in [1.807, 2.05) is 29.1 Å². The average molecular weight is 281 g/mol. The molecule has 0 atom stereocenters. The van der Waals surface area contributed by atoms with Gasteiger partial charge in [-0.1, -0.05) is 0 Å². The molecule has 4 rings (SSSR count). The fraction of sp³-hybridized carbons (Fsp3) is 0.357. The van der Waals surface area contributed by atoms with Crippen LogP contribution in [0, 0.1) is 0 Å². The largest absolute Gasteiger partial charge is 0.353 e. The molecule has 0 aliphatic carbocycles. The van der Waals surface area contributed by atoms with Crippen molar-refractivity contribution in [3.63, 3.8) is 0 Å². The molecule has 0 radical (unpaired) electrons. The lowest BCUT2D eigenvalue weighted by atomic mass is 9.96. The minimum atomic E-state index is 0.431. The molecule has 0 aromatic carbocycles. The number of piperidine rings is 1. The zero-order chi connectivity index (χ0) is 14.1. The molecule has 0 N–H and O–H groups in total. The van der Waals surface area contributed by atoms with E-state index < -0.39 is 0 Å². The summed E-state index contributed by atoms with van der Waals surface area (Å²) >= 11 is 0. The number of hydrogen-bond donors (Lipinski definition) is 0. The second kappa shape index (κ2) is 5.08. The summed E-state index contributed by atoms with van der Waals surface area (Å²) in [6.45, 7) is 1.87. The maximum atomic E-state index is 4.47. The maximum absolute atomic E-state index is 4.47. The number of fused-ring (bicyclic) bond motifs is 1. The van der Waals surface area contributed by atoms with Crippen LogP contribution in [0.5, 0.6) is 0 Å². The standard InChI is InChI=1S/C14H15N7/c1-4-15-12(16-5-1)11-2-7-20(8-3-11)13-14-19-18-10-21(14)9-6-17-13/h1,4-6,9-11H,2-3,7-8H2. The van der Waals surface area contributed by atoms with Gasteiger partial charge in [0, 0.05) is 43.8 Å². The van der Waals surface area contributed by atoms with Crippen LogP contribution in [0.25, 0.3) is 5.65 Å². The highest BCUT2D eigenvalue weighted by Gasteiger charge is 2.24. The quantitative estimate of drug-likeness (QED) is 0.705. The molecule has 0 spiro atoms. The van der Waals surface area contributed by atoms with E-state index in [4.69, 9.17) is 0 Å². The number of rotatable bonds is 2. The smallest absolute Gasteiger partial charge is 0.203 e. The molecule has 0 saturated carbocycles. The van der Waals surface area contributed by atoms with Crippen molar-refractivity contribution in [2.45, 2.75) is 18.8 Å². The van der Waals surface area contributed by atoms with Crippen LogP contribution >= 0.6 is 0 Å². The lowest BCUT2D eigenvalue weighted by Crippen LogP contribution is -2.34. The molecule has 0 unspecified atom stereocenters. The van der Waals surface area contributed by atoms with E-state index in [1.165, 1.54) is 0 Å². The van der Waals surface area contributed by atoms with Gasteiger partial charge in [0.2, 0.25) is 5.65 Å². The summed E-state index contributed by atoms with van der Waals surface area (Å²) in [5.41, 5.74) is 0.812. The molecule has 106 valence electrons. The van der Waals surface area contributed by atoms with E-state index in [0.717, 1.165) is 43.2 Å². The Morgan fingerprint density at radius 3 is 2.62 bits per heavy atom. The van der Waals surface area contributed by atoms with E-state index in [2.05, 4.69) is 30.0 Å². The van der Waals surface area contributed by atoms with Gasteiger partial charge in [-0.15, -0.1) is 10.2 Å². The first-order valence-corrected chi connectivity index (χ1v) is 7.08. The first-order valence-electron chi connectivity index (χ1n) is 7.08. The van der Waals surface area contributed by atoms with E-state index in [9.17, 15) is 0 Å². The summed E-state index contributed by atoms with van der Waals surface area (Å²) in [5, 5.41) is 8.10. The van der Waals surface area contributed by atoms with Gasteiger partial charge in [-0.05, 0) is 18.9 Å². The lowest BCUT2D eigenvalue weighted by Gasteiger charge is -2.31. The van der Waals surface area contributed by atoms with Gasteiger partial charge in [0.05, 0.1) is 0 Å². The summed E-state index contributed by atoms with van der Waals surface area (Å²) in [5.74, 6) is 2.29. The number of nitrogens with zero attached hydrogens (tertiary/aromatic N) is 7. The zero-order valence-corrected chi connectivity index (χ0v) is 11.5. The van der Waals surface area contributed by atoms with Gasteiger partial charge in [-0.25, -0.2) is 15.0 Å². The summed E-state index contributed by atoms with van der Waals surface area (Å²) in [7, 11) is 0. The van der Waals surface area contributed by atoms with Crippen LogP contribution in [-0.2, 0) is 0 Å². The Morgan fingerprint density at radius 1 is 1.00 bits per heavy atom. The Bertz CT molecular complexity index is 731. The van der Waals surface area contributed by atoms with Gasteiger partial charge in [0.25, 0.3) is 0 Å². The van der Waals surface area contributed by atoms with E-state index in [1.54, 1.807) is 12.5 Å². The summed E-state index contributed by atoms with van der Waals surface area (Å²) in [6.07, 6.45) is 11.0. The fourth-order valence-corrected chi connectivity index (χ4v) is 2.84. The minimum Gasteiger partial charge on any atom is -0.353 e. The van der Waals surface area contributed by atoms with Crippen molar-refractivity contribution < 1.29 is 0 Å². The fourth-order valence-electron chi connectivity index (χ4n) is 2.84. The number of hydrogen-bond acceptors (Lipinski definition) is 6. The van der Waals surface area contributed by atoms with Crippen molar-refractivity contribution in [1.82, 2.24) is 29.5 Å². The Balaban J connectivity index is 1.54. The van der Waals surface area contributed by atoms with Crippen molar-refractivity contribution in [2.75, 3.05) is 18.0 Å². The summed E-state index contributed by atoms with van der Waals surface area (Å²) in [4.78, 5) is 15.5. The monoisotopic (exact) mass is 281 g/mol. The molecule has 7 heteroatoms. The Morgan fingerprint density at radius 2 is 1.81 bits per heavy atom. The van der Waals surface area contributed by atoms with Crippen molar-refractivity contribution in [3.05, 3.63) is 43.0 Å². The molecule has 7 nitrogen and oxygen atoms in total. The first-order chi connectivity index (χ1) is 10.4. The minimum absolute atomic E-state index is 0.431. The second-order valence-electron chi connectivity index (χ2n) is 5.18. The third kappa shape index (κ3) is 2.20. The van der Waals surface area contributed by atoms with E-state index >= 15 is 0 Å². The average Bonchev–Trinajstić information content (AvgIpc) is 3.04. The highest BCUT2D eigenvalue weighted by molar-refractivity contribution is 5.63. The normalized spacial score (nSPS) is 16.5. The predicted octanol–water partition coefficient (Wildman–Crippen LogP) is 1.30. The van der Waals surface area contributed by atoms with Crippen LogP contribution in [0.15, 0.2) is 37.2 Å². The van der Waals surface area contributed by atoms with Crippen LogP contribution in [0.1, 0.15) is 24.6 Å². The van der Waals surface area contributed by atoms with Gasteiger partial charge < -0.3 is 4.90 Å². The maximum Gasteiger partial charge on any atom is 0.203 e. The molecule has 1 saturated heterocycles. The molecular weight excluding hydrogens is 266 g/mol. The van der Waals surface area contributed by atoms with Gasteiger partial charge in [0.1, 0.15) is 12.2 Å². The Hall–Kier alpha value is -2.57. The van der Waals surface area contributed by atoms with Crippen LogP contribution < -0.4 is 4.90 Å². The van der Waals surface area contributed by atoms with Crippen molar-refractivity contribution in [2.24, 2.45) is 0 Å². The van der Waals surface area contributed by atoms with Crippen molar-refractivity contribution in [1.29, 1.82) is 0 Å². The van der Waals surface area contributed by atoms with Crippen LogP contribution in [0.4, 0.5) is 5.82 Å². The van der Waals surface area contributed by atoms with Crippen molar-refractivity contribution >= 4 is 11.5 Å². The van der Waals surface area contributed by atoms with Gasteiger partial charge in [-0.3, -0.25) is 4.40 Å². The van der Waals surface area contributed by atoms with Gasteiger partial charge in [0.15, 0.2) is 5.82 Å². The van der Waals surface area contributed by atoms with Crippen LogP contribution in [0.3, 0.4) is 0 Å².